The van der Waals surface area contributed by atoms with Gasteiger partial charge in [-0.25, -0.2) is 0 Å². The van der Waals surface area contributed by atoms with Gasteiger partial charge in [0.25, 0.3) is 0 Å². The molecule has 0 aliphatic rings. The van der Waals surface area contributed by atoms with Crippen LogP contribution in [-0.4, -0.2) is 97.2 Å². The van der Waals surface area contributed by atoms with Crippen LogP contribution in [0.1, 0.15) is 243 Å². The molecule has 0 radical (unpaired) electrons. The van der Waals surface area contributed by atoms with Gasteiger partial charge in [-0.05, 0) is 164 Å². The normalized spacial score (nSPS) is 12.3. The number of ether oxygens (including phenoxy) is 6. The molecule has 0 spiro atoms. The highest BCUT2D eigenvalue weighted by atomic mass is 16.6. The summed E-state index contributed by atoms with van der Waals surface area (Å²) in [7, 11) is 0. The van der Waals surface area contributed by atoms with E-state index in [0.29, 0.717) is 88.0 Å². The maximum atomic E-state index is 12.4. The Labute approximate surface area is 528 Å². The Morgan fingerprint density at radius 2 is 0.500 bits per heavy atom. The zero-order valence-electron chi connectivity index (χ0n) is 57.6. The highest BCUT2D eigenvalue weighted by Crippen LogP contribution is 2.42. The molecule has 0 atom stereocenters. The van der Waals surface area contributed by atoms with Gasteiger partial charge in [-0.1, -0.05) is 173 Å². The van der Waals surface area contributed by atoms with Crippen LogP contribution in [0.3, 0.4) is 0 Å². The maximum absolute atomic E-state index is 12.4. The molecule has 4 aromatic carbocycles. The Morgan fingerprint density at radius 1 is 0.295 bits per heavy atom. The van der Waals surface area contributed by atoms with Crippen molar-refractivity contribution in [3.8, 4) is 23.0 Å². The molecule has 88 heavy (non-hydrogen) atoms. The molecule has 4 N–H and O–H groups in total. The summed E-state index contributed by atoms with van der Waals surface area (Å²) in [5.74, 6) is 0.290. The number of rotatable bonds is 28. The summed E-state index contributed by atoms with van der Waals surface area (Å²) in [6.07, 6.45) is 6.65. The van der Waals surface area contributed by atoms with Crippen LogP contribution in [0.5, 0.6) is 23.0 Å². The molecule has 14 heteroatoms. The molecule has 0 aliphatic heterocycles. The molecule has 0 amide bonds. The van der Waals surface area contributed by atoms with Crippen LogP contribution in [0.4, 0.5) is 0 Å². The average Bonchev–Trinajstić information content (AvgIpc) is 1.27. The Bertz CT molecular complexity index is 2640. The minimum Gasteiger partial charge on any atom is -0.507 e. The van der Waals surface area contributed by atoms with E-state index in [4.69, 9.17) is 28.4 Å². The lowest BCUT2D eigenvalue weighted by Gasteiger charge is -2.28. The molecule has 0 unspecified atom stereocenters. The van der Waals surface area contributed by atoms with Crippen LogP contribution in [0.2, 0.25) is 0 Å². The summed E-state index contributed by atoms with van der Waals surface area (Å²) in [5, 5.41) is 42.6. The first-order valence-electron chi connectivity index (χ1n) is 31.8. The topological polar surface area (TPSA) is 205 Å². The van der Waals surface area contributed by atoms with Gasteiger partial charge in [0.15, 0.2) is 0 Å². The third-order valence-electron chi connectivity index (χ3n) is 15.3. The number of hydrogen-bond donors (Lipinski definition) is 4. The first-order valence-corrected chi connectivity index (χ1v) is 31.8. The minimum absolute atomic E-state index is 0.163. The average molecular weight is 1230 g/mol. The number of carbonyl (C=O) groups excluding carboxylic acids is 4. The molecule has 0 fully saturated rings. The number of carbonyl (C=O) groups is 4. The van der Waals surface area contributed by atoms with Crippen molar-refractivity contribution in [2.24, 2.45) is 0 Å². The second kappa shape index (κ2) is 33.6. The summed E-state index contributed by atoms with van der Waals surface area (Å²) < 4.78 is 32.3. The number of esters is 4. The third-order valence-corrected chi connectivity index (χ3v) is 15.3. The highest BCUT2D eigenvalue weighted by molar-refractivity contribution is 5.71. The second-order valence-electron chi connectivity index (χ2n) is 29.7. The van der Waals surface area contributed by atoms with E-state index in [9.17, 15) is 39.6 Å². The van der Waals surface area contributed by atoms with Gasteiger partial charge in [0.1, 0.15) is 36.2 Å². The van der Waals surface area contributed by atoms with E-state index in [1.165, 1.54) is 0 Å². The van der Waals surface area contributed by atoms with E-state index in [0.717, 1.165) is 92.4 Å². The van der Waals surface area contributed by atoms with Crippen molar-refractivity contribution in [1.29, 1.82) is 0 Å². The number of aromatic hydroxyl groups is 4. The molecule has 0 bridgehead atoms. The molecule has 14 nitrogen and oxygen atoms in total. The number of phenolic OH excluding ortho intramolecular Hbond substituents is 4. The van der Waals surface area contributed by atoms with Gasteiger partial charge in [-0.2, -0.15) is 0 Å². The zero-order chi connectivity index (χ0) is 66.6. The fourth-order valence-corrected chi connectivity index (χ4v) is 10.1. The summed E-state index contributed by atoms with van der Waals surface area (Å²) in [6, 6.07) is 15.8. The summed E-state index contributed by atoms with van der Waals surface area (Å²) in [6.45, 7) is 43.3. The number of benzene rings is 4. The van der Waals surface area contributed by atoms with Gasteiger partial charge < -0.3 is 48.8 Å². The number of aryl methyl sites for hydroxylation is 6. The largest absolute Gasteiger partial charge is 0.507 e. The lowest BCUT2D eigenvalue weighted by atomic mass is 9.78. The smallest absolute Gasteiger partial charge is 0.306 e. The van der Waals surface area contributed by atoms with Gasteiger partial charge in [0, 0.05) is 25.7 Å². The van der Waals surface area contributed by atoms with Crippen LogP contribution in [-0.2, 0) is 106 Å². The van der Waals surface area contributed by atoms with E-state index in [1.54, 1.807) is 0 Å². The van der Waals surface area contributed by atoms with Gasteiger partial charge in [-0.3, -0.25) is 19.2 Å². The standard InChI is InChI=1S/C40H62O6.C34H50O8/c1-37(2,3)29-23-27(24-30(35(29)43)38(4,5)6)17-19-33(41)45-21-15-13-14-16-22-46-34(42)20-18-28-25-31(39(7,8)9)36(44)32(26-28)40(10,11)12;1-23-19-25(21-27(31(23)37)33(3,4)5)9-11-29(35)41-17-15-39-13-14-40-16-18-42-30(36)12-10-26-20-24(2)32(38)28(22-26)34(6,7)8/h23-26,43-44H,13-22H2,1-12H3;19-22,37-38H,9-18H2,1-8H3. The molecular weight excluding hydrogens is 1110 g/mol. The van der Waals surface area contributed by atoms with Crippen LogP contribution in [0, 0.1) is 13.8 Å². The van der Waals surface area contributed by atoms with Crippen LogP contribution >= 0.6 is 0 Å². The van der Waals surface area contributed by atoms with Crippen molar-refractivity contribution >= 4 is 23.9 Å². The first-order chi connectivity index (χ1) is 40.6. The lowest BCUT2D eigenvalue weighted by Crippen LogP contribution is -2.18. The quantitative estimate of drug-likeness (QED) is 0.0237. The third kappa shape index (κ3) is 26.1. The van der Waals surface area contributed by atoms with Crippen LogP contribution in [0.15, 0.2) is 48.5 Å². The highest BCUT2D eigenvalue weighted by Gasteiger charge is 2.29. The Balaban J connectivity index is 0.000000462. The van der Waals surface area contributed by atoms with E-state index in [1.807, 2.05) is 104 Å². The van der Waals surface area contributed by atoms with Crippen molar-refractivity contribution in [2.45, 2.75) is 248 Å². The predicted molar refractivity (Wildman–Crippen MR) is 351 cm³/mol. The Hall–Kier alpha value is -6.12. The van der Waals surface area contributed by atoms with E-state index in [2.05, 4.69) is 83.1 Å². The molecule has 4 rings (SSSR count). The van der Waals surface area contributed by atoms with Gasteiger partial charge in [0.05, 0.1) is 39.6 Å². The van der Waals surface area contributed by atoms with Crippen molar-refractivity contribution in [3.63, 3.8) is 0 Å². The minimum atomic E-state index is -0.296. The Morgan fingerprint density at radius 3 is 0.739 bits per heavy atom. The summed E-state index contributed by atoms with van der Waals surface area (Å²) in [4.78, 5) is 49.1. The maximum Gasteiger partial charge on any atom is 0.306 e. The molecule has 4 aromatic rings. The van der Waals surface area contributed by atoms with E-state index in [-0.39, 0.29) is 95.6 Å². The fraction of sp³-hybridized carbons (Fsp3) is 0.622. The van der Waals surface area contributed by atoms with Gasteiger partial charge in [0.2, 0.25) is 0 Å². The molecule has 0 heterocycles. The molecule has 0 saturated carbocycles. The van der Waals surface area contributed by atoms with Crippen LogP contribution in [0.25, 0.3) is 0 Å². The second-order valence-corrected chi connectivity index (χ2v) is 29.7. The molecule has 0 saturated heterocycles. The first kappa shape index (κ1) is 76.1. The SMILES string of the molecule is CC(C)(C)c1cc(CCC(=O)OCCCCCCOC(=O)CCc2cc(C(C)(C)C)c(O)c(C(C)(C)C)c2)cc(C(C)(C)C)c1O.Cc1cc(CCC(=O)OCCOCCOCCOC(=O)CCc2cc(C)c(O)c(C(C)(C)C)c2)cc(C(C)(C)C)c1O. The van der Waals surface area contributed by atoms with Crippen molar-refractivity contribution < 1.29 is 68.0 Å². The number of phenols is 4. The summed E-state index contributed by atoms with van der Waals surface area (Å²) >= 11 is 0. The lowest BCUT2D eigenvalue weighted by molar-refractivity contribution is -0.146. The monoisotopic (exact) mass is 1220 g/mol. The Kier molecular flexibility index (Phi) is 29.1. The molecule has 0 aliphatic carbocycles. The van der Waals surface area contributed by atoms with E-state index >= 15 is 0 Å². The molecule has 0 aromatic heterocycles. The molecule has 492 valence electrons. The van der Waals surface area contributed by atoms with Crippen molar-refractivity contribution in [1.82, 2.24) is 0 Å². The molecular formula is C74H112O14. The van der Waals surface area contributed by atoms with Gasteiger partial charge in [-0.15, -0.1) is 0 Å². The van der Waals surface area contributed by atoms with Crippen molar-refractivity contribution in [2.75, 3.05) is 52.9 Å². The zero-order valence-corrected chi connectivity index (χ0v) is 57.6. The fourth-order valence-electron chi connectivity index (χ4n) is 10.1. The van der Waals surface area contributed by atoms with Crippen molar-refractivity contribution in [3.05, 3.63) is 115 Å². The number of hydrogen-bond acceptors (Lipinski definition) is 14. The van der Waals surface area contributed by atoms with Gasteiger partial charge >= 0.3 is 23.9 Å². The predicted octanol–water partition coefficient (Wildman–Crippen LogP) is 15.5. The van der Waals surface area contributed by atoms with E-state index < -0.39 is 0 Å². The summed E-state index contributed by atoms with van der Waals surface area (Å²) in [5.41, 5.74) is 9.77. The number of unbranched alkanes of at least 4 members (excludes halogenated alkanes) is 3. The van der Waals surface area contributed by atoms with Crippen LogP contribution < -0.4 is 0 Å².